The van der Waals surface area contributed by atoms with Gasteiger partial charge in [0.2, 0.25) is 5.91 Å². The third-order valence-corrected chi connectivity index (χ3v) is 5.27. The molecule has 1 aliphatic rings. The van der Waals surface area contributed by atoms with Crippen molar-refractivity contribution < 1.29 is 14.4 Å². The fraction of sp³-hybridized carbons (Fsp3) is 0.118. The number of hydrogen-bond donors (Lipinski definition) is 1. The molecule has 0 aliphatic carbocycles. The fourth-order valence-corrected chi connectivity index (χ4v) is 3.91. The number of thioether (sulfide) groups is 1. The molecule has 0 atom stereocenters. The molecule has 1 N–H and O–H groups in total. The van der Waals surface area contributed by atoms with Crippen LogP contribution < -0.4 is 5.32 Å². The van der Waals surface area contributed by atoms with Gasteiger partial charge in [-0.15, -0.1) is 11.3 Å². The fourth-order valence-electron chi connectivity index (χ4n) is 2.15. The number of hydrogen-bond acceptors (Lipinski definition) is 5. The third kappa shape index (κ3) is 3.58. The Morgan fingerprint density at radius 1 is 1.21 bits per heavy atom. The maximum atomic E-state index is 12.4. The van der Waals surface area contributed by atoms with Crippen molar-refractivity contribution in [3.63, 3.8) is 0 Å². The highest BCUT2D eigenvalue weighted by molar-refractivity contribution is 8.18. The smallest absolute Gasteiger partial charge is 0.294 e. The molecule has 1 saturated heterocycles. The van der Waals surface area contributed by atoms with Crippen LogP contribution in [0.5, 0.6) is 0 Å². The van der Waals surface area contributed by atoms with Crippen molar-refractivity contribution in [3.05, 3.63) is 57.1 Å². The molecule has 0 saturated carbocycles. The first kappa shape index (κ1) is 16.5. The molecule has 1 aliphatic heterocycles. The number of nitrogens with zero attached hydrogens (tertiary/aromatic N) is 1. The molecular formula is C17H14N2O3S2. The molecule has 5 nitrogen and oxygen atoms in total. The first-order valence-electron chi connectivity index (χ1n) is 7.19. The van der Waals surface area contributed by atoms with E-state index in [-0.39, 0.29) is 6.54 Å². The predicted octanol–water partition coefficient (Wildman–Crippen LogP) is 3.73. The van der Waals surface area contributed by atoms with Crippen LogP contribution >= 0.6 is 23.1 Å². The van der Waals surface area contributed by atoms with Gasteiger partial charge in [0.15, 0.2) is 0 Å². The SMILES string of the molecule is Cc1ccsc1/C=C1\SC(=O)N(CC(=O)Nc2ccccc2)C1=O. The summed E-state index contributed by atoms with van der Waals surface area (Å²) < 4.78 is 0. The maximum Gasteiger partial charge on any atom is 0.294 e. The minimum absolute atomic E-state index is 0.291. The number of nitrogens with one attached hydrogen (secondary N) is 1. The van der Waals surface area contributed by atoms with Crippen molar-refractivity contribution >= 4 is 51.9 Å². The molecule has 3 amide bonds. The number of anilines is 1. The van der Waals surface area contributed by atoms with E-state index in [4.69, 9.17) is 0 Å². The Morgan fingerprint density at radius 3 is 2.62 bits per heavy atom. The molecule has 24 heavy (non-hydrogen) atoms. The lowest BCUT2D eigenvalue weighted by Gasteiger charge is -2.12. The monoisotopic (exact) mass is 358 g/mol. The summed E-state index contributed by atoms with van der Waals surface area (Å²) in [6, 6.07) is 10.9. The van der Waals surface area contributed by atoms with E-state index >= 15 is 0 Å². The summed E-state index contributed by atoms with van der Waals surface area (Å²) in [7, 11) is 0. The predicted molar refractivity (Wildman–Crippen MR) is 96.8 cm³/mol. The molecule has 2 aromatic rings. The van der Waals surface area contributed by atoms with Crippen LogP contribution in [-0.2, 0) is 9.59 Å². The van der Waals surface area contributed by atoms with Crippen LogP contribution in [-0.4, -0.2) is 28.5 Å². The Hall–Kier alpha value is -2.38. The number of para-hydroxylation sites is 1. The van der Waals surface area contributed by atoms with E-state index in [2.05, 4.69) is 5.32 Å². The molecular weight excluding hydrogens is 344 g/mol. The summed E-state index contributed by atoms with van der Waals surface area (Å²) in [5, 5.41) is 4.17. The average molecular weight is 358 g/mol. The lowest BCUT2D eigenvalue weighted by Crippen LogP contribution is -2.36. The zero-order chi connectivity index (χ0) is 17.1. The van der Waals surface area contributed by atoms with Gasteiger partial charge in [-0.2, -0.15) is 0 Å². The van der Waals surface area contributed by atoms with Crippen molar-refractivity contribution in [1.29, 1.82) is 0 Å². The lowest BCUT2D eigenvalue weighted by molar-refractivity contribution is -0.127. The minimum Gasteiger partial charge on any atom is -0.325 e. The van der Waals surface area contributed by atoms with Gasteiger partial charge in [-0.25, -0.2) is 0 Å². The molecule has 122 valence electrons. The summed E-state index contributed by atoms with van der Waals surface area (Å²) in [6.45, 7) is 1.65. The van der Waals surface area contributed by atoms with Gasteiger partial charge in [-0.05, 0) is 53.9 Å². The van der Waals surface area contributed by atoms with Crippen molar-refractivity contribution in [2.24, 2.45) is 0 Å². The number of aryl methyl sites for hydroxylation is 1. The van der Waals surface area contributed by atoms with Crippen LogP contribution in [0, 0.1) is 6.92 Å². The van der Waals surface area contributed by atoms with E-state index < -0.39 is 17.1 Å². The summed E-state index contributed by atoms with van der Waals surface area (Å²) in [6.07, 6.45) is 1.71. The molecule has 1 fully saturated rings. The lowest BCUT2D eigenvalue weighted by atomic mass is 10.2. The first-order chi connectivity index (χ1) is 11.5. The maximum absolute atomic E-state index is 12.4. The van der Waals surface area contributed by atoms with Gasteiger partial charge >= 0.3 is 0 Å². The van der Waals surface area contributed by atoms with Crippen molar-refractivity contribution in [1.82, 2.24) is 4.90 Å². The molecule has 0 radical (unpaired) electrons. The van der Waals surface area contributed by atoms with Crippen LogP contribution in [0.25, 0.3) is 6.08 Å². The van der Waals surface area contributed by atoms with E-state index in [1.807, 2.05) is 24.4 Å². The summed E-state index contributed by atoms with van der Waals surface area (Å²) >= 11 is 2.37. The van der Waals surface area contributed by atoms with Gasteiger partial charge in [0.1, 0.15) is 6.54 Å². The molecule has 0 bridgehead atoms. The summed E-state index contributed by atoms with van der Waals surface area (Å²) in [5.41, 5.74) is 1.67. The van der Waals surface area contributed by atoms with Crippen LogP contribution in [0.4, 0.5) is 10.5 Å². The molecule has 1 aromatic heterocycles. The molecule has 1 aromatic carbocycles. The topological polar surface area (TPSA) is 66.5 Å². The Labute approximate surface area is 147 Å². The van der Waals surface area contributed by atoms with E-state index in [0.29, 0.717) is 10.6 Å². The second-order valence-electron chi connectivity index (χ2n) is 5.15. The normalized spacial score (nSPS) is 16.0. The highest BCUT2D eigenvalue weighted by Crippen LogP contribution is 2.33. The van der Waals surface area contributed by atoms with Crippen LogP contribution in [0.1, 0.15) is 10.4 Å². The molecule has 0 spiro atoms. The Kier molecular flexibility index (Phi) is 4.82. The Morgan fingerprint density at radius 2 is 1.96 bits per heavy atom. The van der Waals surface area contributed by atoms with Crippen molar-refractivity contribution in [2.45, 2.75) is 6.92 Å². The Balaban J connectivity index is 1.69. The average Bonchev–Trinajstić information content (AvgIpc) is 3.07. The van der Waals surface area contributed by atoms with E-state index in [1.54, 1.807) is 30.3 Å². The number of carbonyl (C=O) groups is 3. The number of imide groups is 1. The Bertz CT molecular complexity index is 827. The zero-order valence-corrected chi connectivity index (χ0v) is 14.4. The van der Waals surface area contributed by atoms with Crippen LogP contribution in [0.3, 0.4) is 0 Å². The summed E-state index contributed by atoms with van der Waals surface area (Å²) in [5.74, 6) is -0.835. The van der Waals surface area contributed by atoms with Crippen molar-refractivity contribution in [2.75, 3.05) is 11.9 Å². The van der Waals surface area contributed by atoms with Gasteiger partial charge in [0.25, 0.3) is 11.1 Å². The van der Waals surface area contributed by atoms with Gasteiger partial charge in [-0.3, -0.25) is 19.3 Å². The zero-order valence-electron chi connectivity index (χ0n) is 12.8. The molecule has 3 rings (SSSR count). The number of thiophene rings is 1. The van der Waals surface area contributed by atoms with E-state index in [9.17, 15) is 14.4 Å². The highest BCUT2D eigenvalue weighted by atomic mass is 32.2. The van der Waals surface area contributed by atoms with E-state index in [0.717, 1.165) is 27.1 Å². The highest BCUT2D eigenvalue weighted by Gasteiger charge is 2.36. The van der Waals surface area contributed by atoms with Gasteiger partial charge in [0, 0.05) is 10.6 Å². The standard InChI is InChI=1S/C17H14N2O3S2/c1-11-7-8-23-13(11)9-14-16(21)19(17(22)24-14)10-15(20)18-12-5-3-2-4-6-12/h2-9H,10H2,1H3,(H,18,20)/b14-9-. The number of rotatable bonds is 4. The van der Waals surface area contributed by atoms with Crippen LogP contribution in [0.15, 0.2) is 46.7 Å². The number of amides is 3. The number of carbonyl (C=O) groups excluding carboxylic acids is 3. The first-order valence-corrected chi connectivity index (χ1v) is 8.88. The van der Waals surface area contributed by atoms with Gasteiger partial charge in [0.05, 0.1) is 4.91 Å². The molecule has 7 heteroatoms. The quantitative estimate of drug-likeness (QED) is 0.846. The molecule has 2 heterocycles. The van der Waals surface area contributed by atoms with Crippen molar-refractivity contribution in [3.8, 4) is 0 Å². The third-order valence-electron chi connectivity index (χ3n) is 3.40. The minimum atomic E-state index is -0.430. The second-order valence-corrected chi connectivity index (χ2v) is 7.09. The van der Waals surface area contributed by atoms with E-state index in [1.165, 1.54) is 11.3 Å². The summed E-state index contributed by atoms with van der Waals surface area (Å²) in [4.78, 5) is 38.7. The second kappa shape index (κ2) is 7.02. The number of benzene rings is 1. The molecule has 0 unspecified atom stereocenters. The van der Waals surface area contributed by atoms with Crippen LogP contribution in [0.2, 0.25) is 0 Å². The van der Waals surface area contributed by atoms with Gasteiger partial charge < -0.3 is 5.32 Å². The largest absolute Gasteiger partial charge is 0.325 e. The van der Waals surface area contributed by atoms with Gasteiger partial charge in [-0.1, -0.05) is 18.2 Å².